The van der Waals surface area contributed by atoms with E-state index in [1.807, 2.05) is 6.07 Å². The Bertz CT molecular complexity index is 1050. The lowest BCUT2D eigenvalue weighted by Crippen LogP contribution is -2.28. The van der Waals surface area contributed by atoms with E-state index in [1.165, 1.54) is 7.11 Å². The first-order valence-electron chi connectivity index (χ1n) is 8.95. The molecule has 1 aromatic heterocycles. The number of methoxy groups -OCH3 is 1. The predicted octanol–water partition coefficient (Wildman–Crippen LogP) is 2.92. The summed E-state index contributed by atoms with van der Waals surface area (Å²) in [6, 6.07) is 12.4. The number of benzene rings is 2. The van der Waals surface area contributed by atoms with Crippen LogP contribution in [0, 0.1) is 5.92 Å². The van der Waals surface area contributed by atoms with E-state index in [-0.39, 0.29) is 18.2 Å². The van der Waals surface area contributed by atoms with Crippen LogP contribution in [0.3, 0.4) is 0 Å². The second-order valence-corrected chi connectivity index (χ2v) is 7.06. The SMILES string of the molecule is COc1ccc(-n2cnnc2)cc1NC(=O)C1CC(=O)N(c2cccc(Cl)c2)C1. The van der Waals surface area contributed by atoms with Gasteiger partial charge in [-0.25, -0.2) is 0 Å². The minimum atomic E-state index is -0.482. The van der Waals surface area contributed by atoms with Gasteiger partial charge in [0.2, 0.25) is 11.8 Å². The van der Waals surface area contributed by atoms with E-state index < -0.39 is 5.92 Å². The Labute approximate surface area is 172 Å². The zero-order valence-corrected chi connectivity index (χ0v) is 16.3. The zero-order valence-electron chi connectivity index (χ0n) is 15.6. The first-order chi connectivity index (χ1) is 14.0. The lowest BCUT2D eigenvalue weighted by Gasteiger charge is -2.17. The van der Waals surface area contributed by atoms with Crippen molar-refractivity contribution in [1.82, 2.24) is 14.8 Å². The summed E-state index contributed by atoms with van der Waals surface area (Å²) in [6.45, 7) is 0.290. The second-order valence-electron chi connectivity index (χ2n) is 6.63. The van der Waals surface area contributed by atoms with Crippen LogP contribution in [-0.4, -0.2) is 40.2 Å². The summed E-state index contributed by atoms with van der Waals surface area (Å²) < 4.78 is 7.08. The van der Waals surface area contributed by atoms with Gasteiger partial charge >= 0.3 is 0 Å². The van der Waals surface area contributed by atoms with Crippen molar-refractivity contribution in [2.45, 2.75) is 6.42 Å². The van der Waals surface area contributed by atoms with Gasteiger partial charge in [0.1, 0.15) is 18.4 Å². The normalized spacial score (nSPS) is 16.1. The molecule has 1 N–H and O–H groups in total. The van der Waals surface area contributed by atoms with Gasteiger partial charge in [-0.3, -0.25) is 14.2 Å². The van der Waals surface area contributed by atoms with E-state index in [1.54, 1.807) is 58.5 Å². The van der Waals surface area contributed by atoms with Crippen molar-refractivity contribution in [3.8, 4) is 11.4 Å². The number of nitrogens with one attached hydrogen (secondary N) is 1. The molecule has 8 nitrogen and oxygen atoms in total. The van der Waals surface area contributed by atoms with Crippen LogP contribution in [-0.2, 0) is 9.59 Å². The average molecular weight is 412 g/mol. The zero-order chi connectivity index (χ0) is 20.4. The minimum absolute atomic E-state index is 0.113. The molecule has 2 amide bonds. The maximum absolute atomic E-state index is 12.9. The Morgan fingerprint density at radius 2 is 1.97 bits per heavy atom. The first-order valence-corrected chi connectivity index (χ1v) is 9.33. The minimum Gasteiger partial charge on any atom is -0.495 e. The molecule has 1 aliphatic heterocycles. The number of ether oxygens (including phenoxy) is 1. The van der Waals surface area contributed by atoms with E-state index in [2.05, 4.69) is 15.5 Å². The van der Waals surface area contributed by atoms with Crippen molar-refractivity contribution < 1.29 is 14.3 Å². The number of rotatable bonds is 5. The number of hydrogen-bond acceptors (Lipinski definition) is 5. The molecule has 0 bridgehead atoms. The summed E-state index contributed by atoms with van der Waals surface area (Å²) in [5.41, 5.74) is 1.97. The van der Waals surface area contributed by atoms with Crippen LogP contribution in [0.25, 0.3) is 5.69 Å². The summed E-state index contributed by atoms with van der Waals surface area (Å²) >= 11 is 6.03. The van der Waals surface area contributed by atoms with Gasteiger partial charge in [-0.1, -0.05) is 17.7 Å². The smallest absolute Gasteiger partial charge is 0.229 e. The third kappa shape index (κ3) is 3.93. The first kappa shape index (κ1) is 18.9. The number of anilines is 2. The third-order valence-corrected chi connectivity index (χ3v) is 5.01. The van der Waals surface area contributed by atoms with Crippen LogP contribution >= 0.6 is 11.6 Å². The van der Waals surface area contributed by atoms with Gasteiger partial charge in [-0.15, -0.1) is 10.2 Å². The van der Waals surface area contributed by atoms with Crippen molar-refractivity contribution in [1.29, 1.82) is 0 Å². The number of nitrogens with zero attached hydrogens (tertiary/aromatic N) is 4. The molecule has 0 radical (unpaired) electrons. The highest BCUT2D eigenvalue weighted by Crippen LogP contribution is 2.31. The molecule has 29 heavy (non-hydrogen) atoms. The van der Waals surface area contributed by atoms with Gasteiger partial charge in [-0.05, 0) is 36.4 Å². The molecule has 1 saturated heterocycles. The molecule has 1 fully saturated rings. The Kier molecular flexibility index (Phi) is 5.18. The molecule has 3 aromatic rings. The molecule has 1 unspecified atom stereocenters. The highest BCUT2D eigenvalue weighted by molar-refractivity contribution is 6.31. The van der Waals surface area contributed by atoms with Crippen LogP contribution in [0.15, 0.2) is 55.1 Å². The third-order valence-electron chi connectivity index (χ3n) is 4.77. The van der Waals surface area contributed by atoms with Gasteiger partial charge in [0, 0.05) is 23.7 Å². The van der Waals surface area contributed by atoms with Crippen molar-refractivity contribution >= 4 is 34.8 Å². The summed E-state index contributed by atoms with van der Waals surface area (Å²) in [7, 11) is 1.53. The van der Waals surface area contributed by atoms with Gasteiger partial charge in [0.05, 0.1) is 24.4 Å². The van der Waals surface area contributed by atoms with Gasteiger partial charge in [-0.2, -0.15) is 0 Å². The number of carbonyl (C=O) groups excluding carboxylic acids is 2. The molecule has 1 atom stereocenters. The van der Waals surface area contributed by atoms with Crippen LogP contribution in [0.5, 0.6) is 5.75 Å². The van der Waals surface area contributed by atoms with Crippen LogP contribution in [0.2, 0.25) is 5.02 Å². The number of halogens is 1. The predicted molar refractivity (Wildman–Crippen MR) is 108 cm³/mol. The average Bonchev–Trinajstić information content (AvgIpc) is 3.38. The summed E-state index contributed by atoms with van der Waals surface area (Å²) in [5, 5.41) is 11.0. The van der Waals surface area contributed by atoms with E-state index >= 15 is 0 Å². The Morgan fingerprint density at radius 1 is 1.17 bits per heavy atom. The van der Waals surface area contributed by atoms with Crippen LogP contribution in [0.4, 0.5) is 11.4 Å². The number of amides is 2. The van der Waals surface area contributed by atoms with Crippen LogP contribution in [0.1, 0.15) is 6.42 Å². The molecule has 1 aliphatic rings. The van der Waals surface area contributed by atoms with Crippen LogP contribution < -0.4 is 15.0 Å². The molecular formula is C20H18ClN5O3. The molecule has 148 valence electrons. The highest BCUT2D eigenvalue weighted by atomic mass is 35.5. The molecule has 2 aromatic carbocycles. The van der Waals surface area contributed by atoms with Crippen molar-refractivity contribution in [2.24, 2.45) is 5.92 Å². The molecule has 9 heteroatoms. The Balaban J connectivity index is 1.52. The molecule has 0 saturated carbocycles. The van der Waals surface area contributed by atoms with E-state index in [4.69, 9.17) is 16.3 Å². The fourth-order valence-corrected chi connectivity index (χ4v) is 3.48. The van der Waals surface area contributed by atoms with E-state index in [0.29, 0.717) is 28.7 Å². The number of aromatic nitrogens is 3. The lowest BCUT2D eigenvalue weighted by atomic mass is 10.1. The topological polar surface area (TPSA) is 89.3 Å². The maximum atomic E-state index is 12.9. The van der Waals surface area contributed by atoms with Crippen molar-refractivity contribution in [3.05, 3.63) is 60.1 Å². The van der Waals surface area contributed by atoms with E-state index in [9.17, 15) is 9.59 Å². The Morgan fingerprint density at radius 3 is 2.69 bits per heavy atom. The second kappa shape index (κ2) is 7.92. The van der Waals surface area contributed by atoms with Crippen molar-refractivity contribution in [3.63, 3.8) is 0 Å². The lowest BCUT2D eigenvalue weighted by molar-refractivity contribution is -0.122. The summed E-state index contributed by atoms with van der Waals surface area (Å²) in [4.78, 5) is 26.9. The quantitative estimate of drug-likeness (QED) is 0.697. The Hall–Kier alpha value is -3.39. The molecule has 0 spiro atoms. The molecule has 0 aliphatic carbocycles. The van der Waals surface area contributed by atoms with Gasteiger partial charge < -0.3 is 15.0 Å². The highest BCUT2D eigenvalue weighted by Gasteiger charge is 2.35. The molecule has 4 rings (SSSR count). The van der Waals surface area contributed by atoms with Gasteiger partial charge in [0.15, 0.2) is 0 Å². The number of hydrogen-bond donors (Lipinski definition) is 1. The summed E-state index contributed by atoms with van der Waals surface area (Å²) in [6.07, 6.45) is 3.25. The fourth-order valence-electron chi connectivity index (χ4n) is 3.30. The standard InChI is InChI=1S/C20H18ClN5O3/c1-29-18-6-5-15(25-11-22-23-12-25)9-17(18)24-20(28)13-7-19(27)26(10-13)16-4-2-3-14(21)8-16/h2-6,8-9,11-13H,7,10H2,1H3,(H,24,28). The fraction of sp³-hybridized carbons (Fsp3) is 0.200. The molecular weight excluding hydrogens is 394 g/mol. The summed E-state index contributed by atoms with van der Waals surface area (Å²) in [5.74, 6) is -0.323. The van der Waals surface area contributed by atoms with E-state index in [0.717, 1.165) is 5.69 Å². The maximum Gasteiger partial charge on any atom is 0.229 e. The molecule has 2 heterocycles. The number of carbonyl (C=O) groups is 2. The van der Waals surface area contributed by atoms with Gasteiger partial charge in [0.25, 0.3) is 0 Å². The monoisotopic (exact) mass is 411 g/mol. The largest absolute Gasteiger partial charge is 0.495 e. The van der Waals surface area contributed by atoms with Crippen molar-refractivity contribution in [2.75, 3.05) is 23.9 Å².